The number of benzene rings is 4. The summed E-state index contributed by atoms with van der Waals surface area (Å²) in [5, 5.41) is 11.7. The Bertz CT molecular complexity index is 2160. The quantitative estimate of drug-likeness (QED) is 0.121. The van der Waals surface area contributed by atoms with Crippen molar-refractivity contribution in [1.82, 2.24) is 0 Å². The third kappa shape index (κ3) is 6.72. The van der Waals surface area contributed by atoms with Gasteiger partial charge in [0.2, 0.25) is 0 Å². The molecule has 0 aliphatic carbocycles. The summed E-state index contributed by atoms with van der Waals surface area (Å²) in [6.45, 7) is 13.5. The van der Waals surface area contributed by atoms with E-state index >= 15 is 4.79 Å². The SMILES string of the molecule is COc1ccc([Si](C)(C)[C@@H]2[C@@H](CCO)O[C@]3(C(=O)N(C/C=C(\C)CCC=C(C)C)c4ccc(N5C(=O)c6ccccc6Oc6ccccc65)cc43)[C@H]2C)cc1. The Kier molecular flexibility index (Phi) is 10.6. The van der Waals surface area contributed by atoms with Crippen molar-refractivity contribution in [2.24, 2.45) is 5.92 Å². The number of ether oxygens (including phenoxy) is 3. The number of anilines is 3. The monoisotopic (exact) mass is 756 g/mol. The molecule has 1 N–H and O–H groups in total. The lowest BCUT2D eigenvalue weighted by atomic mass is 9.82. The highest BCUT2D eigenvalue weighted by Gasteiger charge is 2.66. The standard InChI is InChI=1S/C46H52N2O6Si/c1-30(2)13-12-14-31(3)25-27-47-38-24-19-33(48-39-16-9-11-18-41(39)53-40-17-10-8-15-36(40)44(48)50)29-37(38)46(45(47)51)32(4)43(42(54-46)26-28-49)55(6,7)35-22-20-34(52-5)21-23-35/h8-11,13,15-25,29,32,42-43,49H,12,14,26-28H2,1-7H3/b31-25+/t32-,42+,43-,46+/m0/s1. The molecule has 3 aliphatic rings. The summed E-state index contributed by atoms with van der Waals surface area (Å²) >= 11 is 0. The summed E-state index contributed by atoms with van der Waals surface area (Å²) in [6, 6.07) is 28.9. The number of hydrogen-bond donors (Lipinski definition) is 1. The van der Waals surface area contributed by atoms with Gasteiger partial charge in [-0.25, -0.2) is 0 Å². The number of hydrogen-bond acceptors (Lipinski definition) is 6. The van der Waals surface area contributed by atoms with Crippen LogP contribution in [0.25, 0.3) is 0 Å². The van der Waals surface area contributed by atoms with Crippen molar-refractivity contribution in [2.75, 3.05) is 30.1 Å². The predicted molar refractivity (Wildman–Crippen MR) is 222 cm³/mol. The number of carbonyl (C=O) groups is 2. The molecule has 4 aromatic rings. The molecule has 55 heavy (non-hydrogen) atoms. The van der Waals surface area contributed by atoms with Crippen LogP contribution in [0.4, 0.5) is 17.1 Å². The third-order valence-corrected chi connectivity index (χ3v) is 16.2. The first kappa shape index (κ1) is 38.3. The maximum atomic E-state index is 15.3. The van der Waals surface area contributed by atoms with Gasteiger partial charge >= 0.3 is 0 Å². The molecule has 3 heterocycles. The second-order valence-electron chi connectivity index (χ2n) is 15.9. The summed E-state index contributed by atoms with van der Waals surface area (Å²) in [7, 11) is -0.719. The van der Waals surface area contributed by atoms with Gasteiger partial charge in [-0.05, 0) is 100 Å². The Balaban J connectivity index is 1.37. The number of methoxy groups -OCH3 is 1. The average Bonchev–Trinajstić information content (AvgIpc) is 3.55. The van der Waals surface area contributed by atoms with E-state index in [1.165, 1.54) is 16.3 Å². The van der Waals surface area contributed by atoms with Gasteiger partial charge in [-0.2, -0.15) is 0 Å². The van der Waals surface area contributed by atoms with E-state index in [2.05, 4.69) is 65.1 Å². The smallest absolute Gasteiger partial charge is 0.266 e. The minimum atomic E-state index is -2.38. The van der Waals surface area contributed by atoms with Gasteiger partial charge in [0, 0.05) is 30.3 Å². The van der Waals surface area contributed by atoms with Gasteiger partial charge in [0.05, 0.1) is 38.2 Å². The van der Waals surface area contributed by atoms with Crippen molar-refractivity contribution in [3.05, 3.63) is 125 Å². The van der Waals surface area contributed by atoms with Gasteiger partial charge in [-0.1, -0.05) is 84.9 Å². The van der Waals surface area contributed by atoms with Crippen molar-refractivity contribution in [3.63, 3.8) is 0 Å². The second-order valence-corrected chi connectivity index (χ2v) is 20.6. The van der Waals surface area contributed by atoms with Crippen LogP contribution in [-0.2, 0) is 15.1 Å². The molecule has 4 aromatic carbocycles. The van der Waals surface area contributed by atoms with Crippen LogP contribution in [0.2, 0.25) is 18.6 Å². The molecule has 7 rings (SSSR count). The fraction of sp³-hybridized carbons (Fsp3) is 0.348. The molecule has 8 nitrogen and oxygen atoms in total. The number of amides is 2. The molecular weight excluding hydrogens is 705 g/mol. The van der Waals surface area contributed by atoms with Gasteiger partial charge in [0.1, 0.15) is 11.5 Å². The Hall–Kier alpha value is -4.96. The number of allylic oxidation sites excluding steroid dienone is 3. The zero-order valence-electron chi connectivity index (χ0n) is 33.0. The zero-order valence-corrected chi connectivity index (χ0v) is 34.0. The lowest BCUT2D eigenvalue weighted by molar-refractivity contribution is -0.146. The van der Waals surface area contributed by atoms with Crippen LogP contribution in [0.5, 0.6) is 17.2 Å². The minimum Gasteiger partial charge on any atom is -0.497 e. The van der Waals surface area contributed by atoms with Crippen LogP contribution >= 0.6 is 0 Å². The molecule has 286 valence electrons. The molecule has 9 heteroatoms. The van der Waals surface area contributed by atoms with Crippen molar-refractivity contribution < 1.29 is 28.9 Å². The van der Waals surface area contributed by atoms with E-state index in [9.17, 15) is 9.90 Å². The summed E-state index contributed by atoms with van der Waals surface area (Å²) in [4.78, 5) is 33.4. The van der Waals surface area contributed by atoms with E-state index in [0.29, 0.717) is 41.4 Å². The summed E-state index contributed by atoms with van der Waals surface area (Å²) in [5.74, 6) is 1.25. The van der Waals surface area contributed by atoms with Crippen LogP contribution in [0, 0.1) is 5.92 Å². The number of aliphatic hydroxyl groups excluding tert-OH is 1. The first-order chi connectivity index (χ1) is 26.4. The molecular formula is C46H52N2O6Si. The Morgan fingerprint density at radius 2 is 1.62 bits per heavy atom. The molecule has 1 saturated heterocycles. The molecule has 0 bridgehead atoms. The van der Waals surface area contributed by atoms with E-state index in [1.54, 1.807) is 24.1 Å². The molecule has 1 fully saturated rings. The lowest BCUT2D eigenvalue weighted by Crippen LogP contribution is -2.52. The maximum Gasteiger partial charge on any atom is 0.266 e. The first-order valence-corrected chi connectivity index (χ1v) is 22.4. The number of carbonyl (C=O) groups excluding carboxylic acids is 2. The molecule has 3 aliphatic heterocycles. The molecule has 2 amide bonds. The normalized spacial score (nSPS) is 21.9. The van der Waals surface area contributed by atoms with Gasteiger partial charge in [0.25, 0.3) is 11.8 Å². The van der Waals surface area contributed by atoms with E-state index in [4.69, 9.17) is 14.2 Å². The highest BCUT2D eigenvalue weighted by atomic mass is 28.3. The highest BCUT2D eigenvalue weighted by molar-refractivity contribution is 6.91. The number of para-hydroxylation sites is 3. The molecule has 4 atom stereocenters. The Morgan fingerprint density at radius 3 is 2.33 bits per heavy atom. The Labute approximate surface area is 326 Å². The number of rotatable bonds is 11. The number of fused-ring (bicyclic) bond motifs is 4. The third-order valence-electron chi connectivity index (χ3n) is 11.9. The molecule has 0 unspecified atom stereocenters. The van der Waals surface area contributed by atoms with Crippen molar-refractivity contribution in [3.8, 4) is 17.2 Å². The maximum absolute atomic E-state index is 15.3. The van der Waals surface area contributed by atoms with Crippen LogP contribution in [0.1, 0.15) is 62.9 Å². The molecule has 0 aromatic heterocycles. The average molecular weight is 757 g/mol. The van der Waals surface area contributed by atoms with E-state index in [1.807, 2.05) is 71.6 Å². The van der Waals surface area contributed by atoms with Crippen molar-refractivity contribution in [1.29, 1.82) is 0 Å². The second kappa shape index (κ2) is 15.3. The van der Waals surface area contributed by atoms with E-state index in [0.717, 1.165) is 29.8 Å². The highest BCUT2D eigenvalue weighted by Crippen LogP contribution is 2.60. The van der Waals surface area contributed by atoms with Gasteiger partial charge < -0.3 is 24.2 Å². The van der Waals surface area contributed by atoms with E-state index in [-0.39, 0.29) is 36.0 Å². The topological polar surface area (TPSA) is 88.5 Å². The fourth-order valence-corrected chi connectivity index (χ4v) is 13.1. The fourth-order valence-electron chi connectivity index (χ4n) is 9.02. The minimum absolute atomic E-state index is 0.0179. The molecule has 0 radical (unpaired) electrons. The summed E-state index contributed by atoms with van der Waals surface area (Å²) in [6.07, 6.45) is 6.26. The van der Waals surface area contributed by atoms with Crippen LogP contribution in [0.3, 0.4) is 0 Å². The van der Waals surface area contributed by atoms with Crippen molar-refractivity contribution >= 4 is 42.1 Å². The predicted octanol–water partition coefficient (Wildman–Crippen LogP) is 9.42. The van der Waals surface area contributed by atoms with Crippen molar-refractivity contribution in [2.45, 2.75) is 77.3 Å². The largest absolute Gasteiger partial charge is 0.497 e. The van der Waals surface area contributed by atoms with Crippen LogP contribution in [0.15, 0.2) is 114 Å². The van der Waals surface area contributed by atoms with Crippen LogP contribution < -0.4 is 24.5 Å². The van der Waals surface area contributed by atoms with Gasteiger partial charge in [-0.15, -0.1) is 0 Å². The summed E-state index contributed by atoms with van der Waals surface area (Å²) in [5.41, 5.74) is 4.33. The number of nitrogens with zero attached hydrogens (tertiary/aromatic N) is 2. The van der Waals surface area contributed by atoms with Gasteiger partial charge in [-0.3, -0.25) is 14.5 Å². The Morgan fingerprint density at radius 1 is 0.909 bits per heavy atom. The molecule has 0 saturated carbocycles. The first-order valence-electron chi connectivity index (χ1n) is 19.3. The summed E-state index contributed by atoms with van der Waals surface area (Å²) < 4.78 is 19.0. The zero-order chi connectivity index (χ0) is 39.1. The number of aliphatic hydroxyl groups is 1. The molecule has 1 spiro atoms. The van der Waals surface area contributed by atoms with Crippen LogP contribution in [-0.4, -0.2) is 51.4 Å². The lowest BCUT2D eigenvalue weighted by Gasteiger charge is -2.37. The van der Waals surface area contributed by atoms with E-state index < -0.39 is 13.7 Å². The van der Waals surface area contributed by atoms with Gasteiger partial charge in [0.15, 0.2) is 11.4 Å².